The van der Waals surface area contributed by atoms with Gasteiger partial charge in [0.25, 0.3) is 0 Å². The molecule has 0 aliphatic heterocycles. The van der Waals surface area contributed by atoms with Crippen LogP contribution in [0.4, 0.5) is 0 Å². The van der Waals surface area contributed by atoms with Crippen LogP contribution in [0, 0.1) is 5.92 Å². The Hall–Kier alpha value is 0.0300. The smallest absolute Gasteiger partial charge is 0.0376 e. The normalized spacial score (nSPS) is 25.5. The van der Waals surface area contributed by atoms with E-state index in [1.807, 2.05) is 0 Å². The van der Waals surface area contributed by atoms with Crippen LogP contribution >= 0.6 is 11.6 Å². The molecule has 1 rings (SSSR count). The summed E-state index contributed by atoms with van der Waals surface area (Å²) in [7, 11) is 0. The monoisotopic (exact) mass is 172 g/mol. The van der Waals surface area contributed by atoms with E-state index in [2.05, 4.69) is 19.9 Å². The summed E-state index contributed by atoms with van der Waals surface area (Å²) in [6.07, 6.45) is 7.10. The van der Waals surface area contributed by atoms with Crippen molar-refractivity contribution in [1.29, 1.82) is 0 Å². The van der Waals surface area contributed by atoms with E-state index in [4.69, 9.17) is 11.6 Å². The fourth-order valence-electron chi connectivity index (χ4n) is 1.63. The molecule has 1 aliphatic rings. The fourth-order valence-corrected chi connectivity index (χ4v) is 1.95. The maximum Gasteiger partial charge on any atom is 0.0376 e. The summed E-state index contributed by atoms with van der Waals surface area (Å²) < 4.78 is 0. The van der Waals surface area contributed by atoms with Crippen LogP contribution in [-0.4, -0.2) is 5.38 Å². The van der Waals surface area contributed by atoms with Gasteiger partial charge in [-0.15, -0.1) is 11.6 Å². The van der Waals surface area contributed by atoms with Gasteiger partial charge in [0.15, 0.2) is 0 Å². The van der Waals surface area contributed by atoms with E-state index in [-0.39, 0.29) is 0 Å². The molecule has 64 valence electrons. The summed E-state index contributed by atoms with van der Waals surface area (Å²) in [4.78, 5) is 0. The van der Waals surface area contributed by atoms with Crippen LogP contribution in [0.3, 0.4) is 0 Å². The molecular weight excluding hydrogens is 156 g/mol. The highest BCUT2D eigenvalue weighted by Crippen LogP contribution is 2.26. The maximum atomic E-state index is 6.05. The van der Waals surface area contributed by atoms with Crippen LogP contribution in [0.1, 0.15) is 39.5 Å². The molecule has 0 heterocycles. The average molecular weight is 173 g/mol. The van der Waals surface area contributed by atoms with E-state index < -0.39 is 0 Å². The Morgan fingerprint density at radius 2 is 2.36 bits per heavy atom. The zero-order chi connectivity index (χ0) is 8.27. The molecule has 11 heavy (non-hydrogen) atoms. The lowest BCUT2D eigenvalue weighted by molar-refractivity contribution is 0.592. The number of hydrogen-bond acceptors (Lipinski definition) is 0. The van der Waals surface area contributed by atoms with Crippen LogP contribution in [0.5, 0.6) is 0 Å². The van der Waals surface area contributed by atoms with Crippen LogP contribution in [0.15, 0.2) is 11.6 Å². The van der Waals surface area contributed by atoms with E-state index in [1.54, 1.807) is 5.57 Å². The summed E-state index contributed by atoms with van der Waals surface area (Å²) >= 11 is 6.05. The molecule has 0 nitrogen and oxygen atoms in total. The van der Waals surface area contributed by atoms with Crippen molar-refractivity contribution >= 4 is 11.6 Å². The van der Waals surface area contributed by atoms with Crippen molar-refractivity contribution in [2.24, 2.45) is 5.92 Å². The van der Waals surface area contributed by atoms with E-state index in [0.717, 1.165) is 12.3 Å². The van der Waals surface area contributed by atoms with Gasteiger partial charge in [-0.1, -0.05) is 25.5 Å². The molecule has 0 aromatic heterocycles. The Morgan fingerprint density at radius 3 is 2.91 bits per heavy atom. The van der Waals surface area contributed by atoms with Gasteiger partial charge in [0.2, 0.25) is 0 Å². The van der Waals surface area contributed by atoms with Crippen molar-refractivity contribution < 1.29 is 0 Å². The van der Waals surface area contributed by atoms with Gasteiger partial charge in [0.05, 0.1) is 0 Å². The van der Waals surface area contributed by atoms with E-state index in [9.17, 15) is 0 Å². The predicted molar refractivity (Wildman–Crippen MR) is 51.0 cm³/mol. The highest BCUT2D eigenvalue weighted by atomic mass is 35.5. The molecule has 0 bridgehead atoms. The van der Waals surface area contributed by atoms with E-state index in [0.29, 0.717) is 5.38 Å². The molecule has 0 N–H and O–H groups in total. The number of alkyl halides is 1. The summed E-state index contributed by atoms with van der Waals surface area (Å²) in [5.74, 6) is 0.781. The SMILES string of the molecule is CC(C)CC1=CCC[C@H](Cl)C1. The molecule has 0 aromatic carbocycles. The largest absolute Gasteiger partial charge is 0.123 e. The quantitative estimate of drug-likeness (QED) is 0.440. The zero-order valence-corrected chi connectivity index (χ0v) is 8.19. The van der Waals surface area contributed by atoms with Gasteiger partial charge in [-0.2, -0.15) is 0 Å². The van der Waals surface area contributed by atoms with Crippen molar-refractivity contribution in [3.05, 3.63) is 11.6 Å². The highest BCUT2D eigenvalue weighted by molar-refractivity contribution is 6.20. The van der Waals surface area contributed by atoms with Gasteiger partial charge < -0.3 is 0 Å². The molecule has 0 amide bonds. The standard InChI is InChI=1S/C10H17Cl/c1-8(2)6-9-4-3-5-10(11)7-9/h4,8,10H,3,5-7H2,1-2H3/t10-/m0/s1. The molecule has 1 atom stereocenters. The first-order valence-corrected chi connectivity index (χ1v) is 4.94. The second-order valence-corrected chi connectivity index (χ2v) is 4.46. The first kappa shape index (κ1) is 9.12. The van der Waals surface area contributed by atoms with Crippen LogP contribution in [-0.2, 0) is 0 Å². The second-order valence-electron chi connectivity index (χ2n) is 3.84. The maximum absolute atomic E-state index is 6.05. The van der Waals surface area contributed by atoms with Crippen molar-refractivity contribution in [2.75, 3.05) is 0 Å². The van der Waals surface area contributed by atoms with Gasteiger partial charge in [-0.25, -0.2) is 0 Å². The summed E-state index contributed by atoms with van der Waals surface area (Å²) in [5, 5.41) is 0.411. The molecule has 1 heteroatoms. The molecule has 0 unspecified atom stereocenters. The Bertz CT molecular complexity index is 147. The molecule has 1 aliphatic carbocycles. The Labute approximate surface area is 74.6 Å². The van der Waals surface area contributed by atoms with Gasteiger partial charge in [-0.3, -0.25) is 0 Å². The first-order valence-electron chi connectivity index (χ1n) is 4.50. The third kappa shape index (κ3) is 3.29. The molecule has 0 spiro atoms. The topological polar surface area (TPSA) is 0 Å². The number of allylic oxidation sites excluding steroid dienone is 2. The van der Waals surface area contributed by atoms with E-state index in [1.165, 1.54) is 19.3 Å². The minimum Gasteiger partial charge on any atom is -0.123 e. The van der Waals surface area contributed by atoms with Gasteiger partial charge in [-0.05, 0) is 31.6 Å². The zero-order valence-electron chi connectivity index (χ0n) is 7.44. The van der Waals surface area contributed by atoms with Gasteiger partial charge in [0.1, 0.15) is 0 Å². The fraction of sp³-hybridized carbons (Fsp3) is 0.800. The molecule has 0 aromatic rings. The Kier molecular flexibility index (Phi) is 3.45. The highest BCUT2D eigenvalue weighted by Gasteiger charge is 2.12. The molecule has 0 saturated carbocycles. The summed E-state index contributed by atoms with van der Waals surface area (Å²) in [5.41, 5.74) is 1.58. The van der Waals surface area contributed by atoms with Crippen LogP contribution in [0.2, 0.25) is 0 Å². The van der Waals surface area contributed by atoms with Crippen molar-refractivity contribution in [2.45, 2.75) is 44.9 Å². The van der Waals surface area contributed by atoms with Gasteiger partial charge >= 0.3 is 0 Å². The average Bonchev–Trinajstić information content (AvgIpc) is 1.85. The molecular formula is C10H17Cl. The van der Waals surface area contributed by atoms with Crippen LogP contribution in [0.25, 0.3) is 0 Å². The number of rotatable bonds is 2. The minimum absolute atomic E-state index is 0.411. The number of halogens is 1. The summed E-state index contributed by atoms with van der Waals surface area (Å²) in [6.45, 7) is 4.53. The molecule has 0 radical (unpaired) electrons. The third-order valence-electron chi connectivity index (χ3n) is 2.07. The van der Waals surface area contributed by atoms with Crippen molar-refractivity contribution in [3.63, 3.8) is 0 Å². The molecule has 0 saturated heterocycles. The Morgan fingerprint density at radius 1 is 1.64 bits per heavy atom. The first-order chi connectivity index (χ1) is 5.18. The molecule has 0 fully saturated rings. The lowest BCUT2D eigenvalue weighted by atomic mass is 9.92. The Balaban J connectivity index is 2.38. The third-order valence-corrected chi connectivity index (χ3v) is 2.44. The predicted octanol–water partition coefficient (Wildman–Crippen LogP) is 3.75. The lowest BCUT2D eigenvalue weighted by Crippen LogP contribution is -2.06. The second kappa shape index (κ2) is 4.15. The summed E-state index contributed by atoms with van der Waals surface area (Å²) in [6, 6.07) is 0. The van der Waals surface area contributed by atoms with Crippen molar-refractivity contribution in [3.8, 4) is 0 Å². The van der Waals surface area contributed by atoms with Crippen molar-refractivity contribution in [1.82, 2.24) is 0 Å². The number of hydrogen-bond donors (Lipinski definition) is 0. The van der Waals surface area contributed by atoms with Gasteiger partial charge in [0, 0.05) is 5.38 Å². The van der Waals surface area contributed by atoms with E-state index >= 15 is 0 Å². The minimum atomic E-state index is 0.411. The van der Waals surface area contributed by atoms with Crippen LogP contribution < -0.4 is 0 Å². The lowest BCUT2D eigenvalue weighted by Gasteiger charge is -2.18.